The molecule has 11 nitrogen and oxygen atoms in total. The lowest BCUT2D eigenvalue weighted by molar-refractivity contribution is -0.128. The summed E-state index contributed by atoms with van der Waals surface area (Å²) in [4.78, 5) is 39.6. The molecule has 32 heavy (non-hydrogen) atoms. The molecule has 3 aliphatic rings. The van der Waals surface area contributed by atoms with E-state index in [0.717, 1.165) is 18.4 Å². The van der Waals surface area contributed by atoms with E-state index in [1.165, 1.54) is 6.08 Å². The first-order chi connectivity index (χ1) is 15.5. The number of anilines is 3. The third-order valence-electron chi connectivity index (χ3n) is 6.47. The molecule has 4 heterocycles. The number of hydrogen-bond donors (Lipinski definition) is 2. The lowest BCUT2D eigenvalue weighted by Gasteiger charge is -2.42. The molecule has 5 rings (SSSR count). The number of aromatic nitrogens is 4. The van der Waals surface area contributed by atoms with Crippen molar-refractivity contribution in [1.82, 2.24) is 29.5 Å². The Morgan fingerprint density at radius 2 is 2.22 bits per heavy atom. The Hall–Kier alpha value is -3.47. The van der Waals surface area contributed by atoms with Crippen LogP contribution in [0.4, 0.5) is 22.2 Å². The molecule has 1 saturated heterocycles. The fourth-order valence-electron chi connectivity index (χ4n) is 4.84. The van der Waals surface area contributed by atoms with Crippen LogP contribution in [0.1, 0.15) is 18.4 Å². The van der Waals surface area contributed by atoms with E-state index < -0.39 is 0 Å². The van der Waals surface area contributed by atoms with Crippen molar-refractivity contribution in [3.8, 4) is 0 Å². The van der Waals surface area contributed by atoms with E-state index in [1.54, 1.807) is 35.2 Å². The van der Waals surface area contributed by atoms with E-state index in [0.29, 0.717) is 43.0 Å². The Morgan fingerprint density at radius 3 is 3.00 bits per heavy atom. The number of amides is 3. The van der Waals surface area contributed by atoms with Crippen LogP contribution >= 0.6 is 0 Å². The molecule has 168 valence electrons. The van der Waals surface area contributed by atoms with Crippen LogP contribution in [0, 0.1) is 5.92 Å². The number of urea groups is 1. The molecule has 0 aromatic carbocycles. The van der Waals surface area contributed by atoms with Gasteiger partial charge in [-0.1, -0.05) is 6.58 Å². The Kier molecular flexibility index (Phi) is 5.04. The first-order valence-electron chi connectivity index (χ1n) is 10.7. The van der Waals surface area contributed by atoms with Crippen molar-refractivity contribution in [1.29, 1.82) is 0 Å². The lowest BCUT2D eigenvalue weighted by Crippen LogP contribution is -2.54. The van der Waals surface area contributed by atoms with Crippen LogP contribution in [-0.2, 0) is 17.9 Å². The minimum absolute atomic E-state index is 0.00502. The average molecular weight is 438 g/mol. The summed E-state index contributed by atoms with van der Waals surface area (Å²) in [6.07, 6.45) is 8.18. The summed E-state index contributed by atoms with van der Waals surface area (Å²) in [5, 5.41) is 16.3. The number of nitrogens with zero attached hydrogens (tertiary/aromatic N) is 7. The molecule has 1 saturated carbocycles. The summed E-state index contributed by atoms with van der Waals surface area (Å²) in [6, 6.07) is 0.220. The number of nitrogens with one attached hydrogen (secondary N) is 1. The summed E-state index contributed by atoms with van der Waals surface area (Å²) in [7, 11) is 1.73. The van der Waals surface area contributed by atoms with Gasteiger partial charge in [0.15, 0.2) is 0 Å². The molecule has 2 aliphatic heterocycles. The van der Waals surface area contributed by atoms with Crippen LogP contribution in [-0.4, -0.2) is 78.9 Å². The SMILES string of the molecule is C=CC(=O)N1CCC(N2Cc3cnc(Nc4cnn(CCO)c4)nc3N(C)C2=O)C2CC21. The average Bonchev–Trinajstić information content (AvgIpc) is 3.49. The molecule has 0 bridgehead atoms. The molecule has 0 radical (unpaired) electrons. The second-order valence-electron chi connectivity index (χ2n) is 8.41. The van der Waals surface area contributed by atoms with Gasteiger partial charge in [-0.3, -0.25) is 14.4 Å². The number of aliphatic hydroxyl groups is 1. The molecular weight excluding hydrogens is 412 g/mol. The van der Waals surface area contributed by atoms with Crippen molar-refractivity contribution in [3.05, 3.63) is 36.8 Å². The van der Waals surface area contributed by atoms with Crippen LogP contribution in [0.5, 0.6) is 0 Å². The zero-order valence-corrected chi connectivity index (χ0v) is 17.9. The highest BCUT2D eigenvalue weighted by Gasteiger charge is 2.54. The van der Waals surface area contributed by atoms with Crippen molar-refractivity contribution in [3.63, 3.8) is 0 Å². The lowest BCUT2D eigenvalue weighted by atomic mass is 10.0. The van der Waals surface area contributed by atoms with Gasteiger partial charge >= 0.3 is 6.03 Å². The standard InChI is InChI=1S/C21H26N8O3/c1-3-18(31)28-5-4-16(15-8-17(15)28)29-11-13-9-22-20(25-19(13)26(2)21(29)32)24-14-10-23-27(12-14)6-7-30/h3,9-10,12,15-17,30H,1,4-8,11H2,2H3,(H,22,24,25). The summed E-state index contributed by atoms with van der Waals surface area (Å²) in [5.74, 6) is 1.24. The van der Waals surface area contributed by atoms with E-state index in [-0.39, 0.29) is 30.6 Å². The van der Waals surface area contributed by atoms with Gasteiger partial charge in [0.2, 0.25) is 11.9 Å². The van der Waals surface area contributed by atoms with E-state index in [9.17, 15) is 9.59 Å². The topological polar surface area (TPSA) is 120 Å². The number of carbonyl (C=O) groups is 2. The van der Waals surface area contributed by atoms with Gasteiger partial charge in [-0.15, -0.1) is 0 Å². The van der Waals surface area contributed by atoms with Gasteiger partial charge in [-0.25, -0.2) is 9.78 Å². The molecular formula is C21H26N8O3. The summed E-state index contributed by atoms with van der Waals surface area (Å²) in [5.41, 5.74) is 1.58. The minimum Gasteiger partial charge on any atom is -0.394 e. The van der Waals surface area contributed by atoms with Gasteiger partial charge in [-0.05, 0) is 18.9 Å². The number of rotatable bonds is 6. The third-order valence-corrected chi connectivity index (χ3v) is 6.47. The molecule has 0 spiro atoms. The molecule has 2 N–H and O–H groups in total. The smallest absolute Gasteiger partial charge is 0.325 e. The quantitative estimate of drug-likeness (QED) is 0.645. The van der Waals surface area contributed by atoms with Crippen molar-refractivity contribution in [2.45, 2.75) is 38.0 Å². The third kappa shape index (κ3) is 3.48. The Bertz CT molecular complexity index is 1070. The van der Waals surface area contributed by atoms with Crippen LogP contribution in [0.15, 0.2) is 31.2 Å². The van der Waals surface area contributed by atoms with Crippen molar-refractivity contribution < 1.29 is 14.7 Å². The Balaban J connectivity index is 1.31. The molecule has 2 fully saturated rings. The predicted molar refractivity (Wildman–Crippen MR) is 116 cm³/mol. The van der Waals surface area contributed by atoms with Crippen molar-refractivity contribution >= 4 is 29.4 Å². The summed E-state index contributed by atoms with van der Waals surface area (Å²) < 4.78 is 1.62. The van der Waals surface area contributed by atoms with Gasteiger partial charge in [0, 0.05) is 49.6 Å². The van der Waals surface area contributed by atoms with E-state index in [1.807, 2.05) is 9.80 Å². The predicted octanol–water partition coefficient (Wildman–Crippen LogP) is 0.956. The maximum atomic E-state index is 13.2. The number of carbonyl (C=O) groups excluding carboxylic acids is 2. The molecule has 2 aromatic rings. The normalized spacial score (nSPS) is 24.1. The molecule has 3 atom stereocenters. The van der Waals surface area contributed by atoms with Crippen LogP contribution in [0.25, 0.3) is 0 Å². The maximum absolute atomic E-state index is 13.2. The zero-order valence-electron chi connectivity index (χ0n) is 17.9. The fourth-order valence-corrected chi connectivity index (χ4v) is 4.84. The maximum Gasteiger partial charge on any atom is 0.325 e. The number of hydrogen-bond acceptors (Lipinski definition) is 7. The first-order valence-corrected chi connectivity index (χ1v) is 10.7. The molecule has 11 heteroatoms. The number of fused-ring (bicyclic) bond motifs is 2. The van der Waals surface area contributed by atoms with E-state index >= 15 is 0 Å². The van der Waals surface area contributed by atoms with Gasteiger partial charge in [0.1, 0.15) is 5.82 Å². The van der Waals surface area contributed by atoms with E-state index in [2.05, 4.69) is 27.0 Å². The Labute approximate surface area is 185 Å². The monoisotopic (exact) mass is 438 g/mol. The summed E-state index contributed by atoms with van der Waals surface area (Å²) >= 11 is 0. The minimum atomic E-state index is -0.0861. The highest BCUT2D eigenvalue weighted by atomic mass is 16.3. The van der Waals surface area contributed by atoms with Crippen molar-refractivity contribution in [2.75, 3.05) is 30.4 Å². The Morgan fingerprint density at radius 1 is 1.38 bits per heavy atom. The van der Waals surface area contributed by atoms with Crippen LogP contribution in [0.3, 0.4) is 0 Å². The zero-order chi connectivity index (χ0) is 22.4. The van der Waals surface area contributed by atoms with Gasteiger partial charge in [-0.2, -0.15) is 10.1 Å². The van der Waals surface area contributed by atoms with Gasteiger partial charge in [0.25, 0.3) is 0 Å². The highest BCUT2D eigenvalue weighted by molar-refractivity contribution is 5.93. The second-order valence-corrected chi connectivity index (χ2v) is 8.41. The van der Waals surface area contributed by atoms with Gasteiger partial charge in [0.05, 0.1) is 31.6 Å². The largest absolute Gasteiger partial charge is 0.394 e. The first kappa shape index (κ1) is 20.4. The number of likely N-dealkylation sites (tertiary alicyclic amines) is 1. The molecule has 1 aliphatic carbocycles. The molecule has 3 amide bonds. The molecule has 2 aromatic heterocycles. The van der Waals surface area contributed by atoms with Gasteiger partial charge < -0.3 is 20.2 Å². The summed E-state index contributed by atoms with van der Waals surface area (Å²) in [6.45, 7) is 5.10. The van der Waals surface area contributed by atoms with Crippen LogP contribution < -0.4 is 10.2 Å². The number of piperidine rings is 1. The number of aliphatic hydroxyl groups excluding tert-OH is 1. The molecule has 3 unspecified atom stereocenters. The highest BCUT2D eigenvalue weighted by Crippen LogP contribution is 2.46. The van der Waals surface area contributed by atoms with E-state index in [4.69, 9.17) is 5.11 Å². The fraction of sp³-hybridized carbons (Fsp3) is 0.476. The van der Waals surface area contributed by atoms with Crippen LogP contribution in [0.2, 0.25) is 0 Å². The van der Waals surface area contributed by atoms with Crippen molar-refractivity contribution in [2.24, 2.45) is 5.92 Å². The second kappa shape index (κ2) is 7.90.